The molecule has 0 saturated heterocycles. The number of fused-ring (bicyclic) bond motifs is 1. The summed E-state index contributed by atoms with van der Waals surface area (Å²) in [6, 6.07) is 3.95. The topological polar surface area (TPSA) is 56.1 Å². The number of nitrogens with one attached hydrogen (secondary N) is 1. The van der Waals surface area contributed by atoms with Crippen LogP contribution in [-0.2, 0) is 22.5 Å². The van der Waals surface area contributed by atoms with Crippen molar-refractivity contribution in [2.45, 2.75) is 19.9 Å². The molecular formula is C14H19N3O2. The summed E-state index contributed by atoms with van der Waals surface area (Å²) >= 11 is 0. The van der Waals surface area contributed by atoms with Gasteiger partial charge in [-0.15, -0.1) is 0 Å². The average Bonchev–Trinajstić information content (AvgIpc) is 2.75. The summed E-state index contributed by atoms with van der Waals surface area (Å²) in [7, 11) is 1.93. The summed E-state index contributed by atoms with van der Waals surface area (Å²) in [5.41, 5.74) is 2.03. The fourth-order valence-electron chi connectivity index (χ4n) is 2.12. The maximum Gasteiger partial charge on any atom is 0.325 e. The van der Waals surface area contributed by atoms with E-state index >= 15 is 0 Å². The monoisotopic (exact) mass is 261 g/mol. The first-order valence-electron chi connectivity index (χ1n) is 6.49. The predicted molar refractivity (Wildman–Crippen MR) is 74.0 cm³/mol. The van der Waals surface area contributed by atoms with Crippen LogP contribution in [0.2, 0.25) is 0 Å². The Balaban J connectivity index is 2.30. The van der Waals surface area contributed by atoms with Gasteiger partial charge < -0.3 is 14.6 Å². The molecule has 5 nitrogen and oxygen atoms in total. The number of rotatable bonds is 6. The van der Waals surface area contributed by atoms with Crippen molar-refractivity contribution in [3.8, 4) is 0 Å². The van der Waals surface area contributed by atoms with Crippen LogP contribution in [0.15, 0.2) is 24.5 Å². The molecule has 0 aliphatic rings. The molecule has 19 heavy (non-hydrogen) atoms. The molecule has 0 spiro atoms. The Morgan fingerprint density at radius 2 is 2.37 bits per heavy atom. The van der Waals surface area contributed by atoms with Crippen LogP contribution in [0.3, 0.4) is 0 Å². The van der Waals surface area contributed by atoms with Crippen LogP contribution in [0, 0.1) is 0 Å². The smallest absolute Gasteiger partial charge is 0.325 e. The molecule has 0 fully saturated rings. The second-order valence-corrected chi connectivity index (χ2v) is 4.32. The first-order chi connectivity index (χ1) is 9.26. The zero-order valence-corrected chi connectivity index (χ0v) is 11.3. The molecule has 0 radical (unpaired) electrons. The molecule has 0 atom stereocenters. The molecule has 2 aromatic heterocycles. The van der Waals surface area contributed by atoms with E-state index in [0.717, 1.165) is 24.0 Å². The summed E-state index contributed by atoms with van der Waals surface area (Å²) in [6.07, 6.45) is 4.65. The van der Waals surface area contributed by atoms with Crippen LogP contribution in [0.5, 0.6) is 0 Å². The summed E-state index contributed by atoms with van der Waals surface area (Å²) < 4.78 is 6.84. The zero-order chi connectivity index (χ0) is 13.7. The number of ether oxygens (including phenoxy) is 1. The predicted octanol–water partition coefficient (Wildman–Crippen LogP) is 1.36. The molecule has 0 unspecified atom stereocenters. The third-order valence-corrected chi connectivity index (χ3v) is 2.97. The van der Waals surface area contributed by atoms with Crippen LogP contribution in [0.25, 0.3) is 11.0 Å². The van der Waals surface area contributed by atoms with Crippen LogP contribution in [0.1, 0.15) is 12.5 Å². The van der Waals surface area contributed by atoms with Crippen molar-refractivity contribution in [1.82, 2.24) is 14.9 Å². The minimum absolute atomic E-state index is 0.209. The number of carbonyl (C=O) groups excluding carboxylic acids is 1. The van der Waals surface area contributed by atoms with E-state index in [1.54, 1.807) is 6.20 Å². The number of aromatic nitrogens is 2. The molecule has 2 rings (SSSR count). The Bertz CT molecular complexity index is 563. The minimum atomic E-state index is -0.231. The standard InChI is InChI=1S/C14H19N3O2/c1-3-19-13(18)10-17-9-11(6-8-15-2)12-5-4-7-16-14(12)17/h4-5,7,9,15H,3,6,8,10H2,1-2H3. The number of carbonyl (C=O) groups is 1. The third-order valence-electron chi connectivity index (χ3n) is 2.97. The van der Waals surface area contributed by atoms with Gasteiger partial charge in [0, 0.05) is 17.8 Å². The zero-order valence-electron chi connectivity index (χ0n) is 11.3. The first kappa shape index (κ1) is 13.5. The van der Waals surface area contributed by atoms with Gasteiger partial charge in [-0.2, -0.15) is 0 Å². The SMILES string of the molecule is CCOC(=O)Cn1cc(CCNC)c2cccnc21. The van der Waals surface area contributed by atoms with Crippen molar-refractivity contribution >= 4 is 17.0 Å². The molecule has 0 aliphatic heterocycles. The number of likely N-dealkylation sites (N-methyl/N-ethyl adjacent to an activating group) is 1. The lowest BCUT2D eigenvalue weighted by molar-refractivity contribution is -0.143. The van der Waals surface area contributed by atoms with E-state index in [2.05, 4.69) is 10.3 Å². The summed E-state index contributed by atoms with van der Waals surface area (Å²) in [5, 5.41) is 4.23. The highest BCUT2D eigenvalue weighted by Gasteiger charge is 2.11. The Hall–Kier alpha value is -1.88. The normalized spacial score (nSPS) is 10.8. The van der Waals surface area contributed by atoms with Crippen molar-refractivity contribution in [3.63, 3.8) is 0 Å². The minimum Gasteiger partial charge on any atom is -0.465 e. The third kappa shape index (κ3) is 3.12. The second kappa shape index (κ2) is 6.33. The van der Waals surface area contributed by atoms with Crippen LogP contribution >= 0.6 is 0 Å². The molecule has 0 amide bonds. The van der Waals surface area contributed by atoms with Gasteiger partial charge >= 0.3 is 5.97 Å². The van der Waals surface area contributed by atoms with E-state index < -0.39 is 0 Å². The largest absolute Gasteiger partial charge is 0.465 e. The highest BCUT2D eigenvalue weighted by molar-refractivity contribution is 5.82. The number of nitrogens with zero attached hydrogens (tertiary/aromatic N) is 2. The van der Waals surface area contributed by atoms with Gasteiger partial charge in [0.2, 0.25) is 0 Å². The molecule has 0 aliphatic carbocycles. The quantitative estimate of drug-likeness (QED) is 0.798. The number of hydrogen-bond acceptors (Lipinski definition) is 4. The lowest BCUT2D eigenvalue weighted by Gasteiger charge is -2.03. The first-order valence-corrected chi connectivity index (χ1v) is 6.49. The molecule has 102 valence electrons. The maximum absolute atomic E-state index is 11.6. The highest BCUT2D eigenvalue weighted by atomic mass is 16.5. The van der Waals surface area contributed by atoms with Crippen LogP contribution in [0.4, 0.5) is 0 Å². The van der Waals surface area contributed by atoms with E-state index in [1.807, 2.05) is 36.9 Å². The Morgan fingerprint density at radius 3 is 3.11 bits per heavy atom. The maximum atomic E-state index is 11.6. The van der Waals surface area contributed by atoms with Gasteiger partial charge in [0.05, 0.1) is 6.61 Å². The summed E-state index contributed by atoms with van der Waals surface area (Å²) in [6.45, 7) is 3.31. The summed E-state index contributed by atoms with van der Waals surface area (Å²) in [5.74, 6) is -0.231. The van der Waals surface area contributed by atoms with Crippen molar-refractivity contribution < 1.29 is 9.53 Å². The van der Waals surface area contributed by atoms with Gasteiger partial charge in [0.1, 0.15) is 12.2 Å². The van der Waals surface area contributed by atoms with Gasteiger partial charge in [-0.1, -0.05) is 0 Å². The Kier molecular flexibility index (Phi) is 4.52. The molecule has 2 aromatic rings. The van der Waals surface area contributed by atoms with Gasteiger partial charge in [0.25, 0.3) is 0 Å². The van der Waals surface area contributed by atoms with E-state index in [1.165, 1.54) is 5.56 Å². The van der Waals surface area contributed by atoms with E-state index in [-0.39, 0.29) is 12.5 Å². The van der Waals surface area contributed by atoms with Gasteiger partial charge in [-0.25, -0.2) is 4.98 Å². The highest BCUT2D eigenvalue weighted by Crippen LogP contribution is 2.19. The van der Waals surface area contributed by atoms with Gasteiger partial charge in [-0.05, 0) is 44.6 Å². The second-order valence-electron chi connectivity index (χ2n) is 4.32. The number of hydrogen-bond donors (Lipinski definition) is 1. The van der Waals surface area contributed by atoms with E-state index in [0.29, 0.717) is 6.61 Å². The summed E-state index contributed by atoms with van der Waals surface area (Å²) in [4.78, 5) is 16.0. The Morgan fingerprint density at radius 1 is 1.53 bits per heavy atom. The van der Waals surface area contributed by atoms with Crippen molar-refractivity contribution in [2.24, 2.45) is 0 Å². The van der Waals surface area contributed by atoms with Crippen molar-refractivity contribution in [2.75, 3.05) is 20.2 Å². The molecule has 0 saturated carbocycles. The van der Waals surface area contributed by atoms with Gasteiger partial charge in [0.15, 0.2) is 0 Å². The number of esters is 1. The molecule has 1 N–H and O–H groups in total. The van der Waals surface area contributed by atoms with Crippen LogP contribution < -0.4 is 5.32 Å². The molecule has 0 aromatic carbocycles. The molecule has 0 bridgehead atoms. The van der Waals surface area contributed by atoms with Gasteiger partial charge in [-0.3, -0.25) is 4.79 Å². The fourth-order valence-corrected chi connectivity index (χ4v) is 2.12. The van der Waals surface area contributed by atoms with Crippen LogP contribution in [-0.4, -0.2) is 35.7 Å². The Labute approximate surface area is 112 Å². The lowest BCUT2D eigenvalue weighted by atomic mass is 10.1. The molecule has 2 heterocycles. The van der Waals surface area contributed by atoms with Crippen molar-refractivity contribution in [3.05, 3.63) is 30.1 Å². The molecular weight excluding hydrogens is 242 g/mol. The van der Waals surface area contributed by atoms with E-state index in [9.17, 15) is 4.79 Å². The van der Waals surface area contributed by atoms with Crippen molar-refractivity contribution in [1.29, 1.82) is 0 Å². The molecule has 5 heteroatoms. The fraction of sp³-hybridized carbons (Fsp3) is 0.429. The number of pyridine rings is 1. The lowest BCUT2D eigenvalue weighted by Crippen LogP contribution is -2.13. The average molecular weight is 261 g/mol. The van der Waals surface area contributed by atoms with E-state index in [4.69, 9.17) is 4.74 Å².